The summed E-state index contributed by atoms with van der Waals surface area (Å²) in [6.07, 6.45) is 2.16. The number of nitrogens with one attached hydrogen (secondary N) is 1. The first kappa shape index (κ1) is 19.7. The molecular formula is C17H25IN4S2. The molecule has 0 saturated heterocycles. The van der Waals surface area contributed by atoms with Crippen LogP contribution in [0.4, 0.5) is 0 Å². The molecule has 132 valence electrons. The molecule has 24 heavy (non-hydrogen) atoms. The van der Waals surface area contributed by atoms with Crippen molar-refractivity contribution >= 4 is 52.6 Å². The van der Waals surface area contributed by atoms with Crippen LogP contribution >= 0.6 is 46.7 Å². The van der Waals surface area contributed by atoms with Gasteiger partial charge >= 0.3 is 0 Å². The fraction of sp³-hybridized carbons (Fsp3) is 0.471. The molecule has 0 aromatic carbocycles. The summed E-state index contributed by atoms with van der Waals surface area (Å²) in [5, 5.41) is 7.51. The van der Waals surface area contributed by atoms with Crippen LogP contribution in [0.2, 0.25) is 0 Å². The largest absolute Gasteiger partial charge is 0.370 e. The van der Waals surface area contributed by atoms with Gasteiger partial charge in [0.2, 0.25) is 0 Å². The van der Waals surface area contributed by atoms with Gasteiger partial charge in [0, 0.05) is 35.4 Å². The summed E-state index contributed by atoms with van der Waals surface area (Å²) >= 11 is 3.66. The lowest BCUT2D eigenvalue weighted by Gasteiger charge is -2.31. The number of rotatable bonds is 6. The van der Waals surface area contributed by atoms with Crippen LogP contribution in [0, 0.1) is 0 Å². The van der Waals surface area contributed by atoms with Gasteiger partial charge in [0.25, 0.3) is 0 Å². The second-order valence-electron chi connectivity index (χ2n) is 5.92. The molecule has 3 N–H and O–H groups in total. The Labute approximate surface area is 169 Å². The Morgan fingerprint density at radius 1 is 1.38 bits per heavy atom. The molecule has 0 amide bonds. The summed E-state index contributed by atoms with van der Waals surface area (Å²) in [6, 6.07) is 6.90. The number of guanidine groups is 1. The van der Waals surface area contributed by atoms with E-state index in [1.165, 1.54) is 10.4 Å². The molecule has 2 aromatic rings. The molecule has 3 heterocycles. The van der Waals surface area contributed by atoms with Crippen LogP contribution in [0.1, 0.15) is 22.2 Å². The Bertz CT molecular complexity index is 639. The molecule has 1 aliphatic heterocycles. The van der Waals surface area contributed by atoms with E-state index in [-0.39, 0.29) is 24.0 Å². The maximum atomic E-state index is 5.98. The average Bonchev–Trinajstić information content (AvgIpc) is 3.23. The van der Waals surface area contributed by atoms with Gasteiger partial charge in [-0.2, -0.15) is 0 Å². The third kappa shape index (κ3) is 5.44. The van der Waals surface area contributed by atoms with Crippen LogP contribution in [-0.4, -0.2) is 36.5 Å². The van der Waals surface area contributed by atoms with Crippen molar-refractivity contribution in [3.05, 3.63) is 44.3 Å². The van der Waals surface area contributed by atoms with Crippen molar-refractivity contribution in [1.29, 1.82) is 0 Å². The minimum atomic E-state index is 0. The molecule has 1 atom stereocenters. The van der Waals surface area contributed by atoms with Crippen molar-refractivity contribution in [2.75, 3.05) is 19.6 Å². The lowest BCUT2D eigenvalue weighted by molar-refractivity contribution is 0.197. The standard InChI is InChI=1S/C17H24N4S2.HI/c1-13(21-8-5-16-14(12-21)6-10-23-16)11-20-17(18)19-7-4-15-3-2-9-22-15;/h2-3,6,9-10,13H,4-5,7-8,11-12H2,1H3,(H3,18,19,20);1H. The lowest BCUT2D eigenvalue weighted by Crippen LogP contribution is -2.40. The van der Waals surface area contributed by atoms with E-state index in [0.29, 0.717) is 12.0 Å². The number of thiophene rings is 2. The predicted octanol–water partition coefficient (Wildman–Crippen LogP) is 3.32. The van der Waals surface area contributed by atoms with Gasteiger partial charge in [0.05, 0.1) is 6.54 Å². The van der Waals surface area contributed by atoms with E-state index in [4.69, 9.17) is 5.73 Å². The summed E-state index contributed by atoms with van der Waals surface area (Å²) in [5.74, 6) is 0.557. The van der Waals surface area contributed by atoms with E-state index in [9.17, 15) is 0 Å². The minimum Gasteiger partial charge on any atom is -0.370 e. The van der Waals surface area contributed by atoms with Gasteiger partial charge in [0.15, 0.2) is 5.96 Å². The van der Waals surface area contributed by atoms with Crippen molar-refractivity contribution in [3.63, 3.8) is 0 Å². The topological polar surface area (TPSA) is 53.6 Å². The SMILES string of the molecule is CC(CN=C(N)NCCc1cccs1)N1CCc2sccc2C1.I. The maximum absolute atomic E-state index is 5.98. The Balaban J connectivity index is 0.00000208. The third-order valence-corrected chi connectivity index (χ3v) is 6.20. The molecule has 0 bridgehead atoms. The Hall–Kier alpha value is -0.640. The minimum absolute atomic E-state index is 0. The quantitative estimate of drug-likeness (QED) is 0.382. The zero-order valence-corrected chi connectivity index (χ0v) is 17.9. The van der Waals surface area contributed by atoms with Gasteiger partial charge < -0.3 is 11.1 Å². The highest BCUT2D eigenvalue weighted by Gasteiger charge is 2.21. The van der Waals surface area contributed by atoms with Crippen LogP contribution in [0.25, 0.3) is 0 Å². The normalized spacial score (nSPS) is 16.3. The number of hydrogen-bond acceptors (Lipinski definition) is 4. The molecule has 0 fully saturated rings. The molecule has 7 heteroatoms. The van der Waals surface area contributed by atoms with Crippen molar-refractivity contribution < 1.29 is 0 Å². The third-order valence-electron chi connectivity index (χ3n) is 4.24. The van der Waals surface area contributed by atoms with Crippen molar-refractivity contribution in [2.24, 2.45) is 10.7 Å². The van der Waals surface area contributed by atoms with Gasteiger partial charge in [-0.05, 0) is 48.2 Å². The number of aliphatic imine (C=N–C) groups is 1. The summed E-state index contributed by atoms with van der Waals surface area (Å²) in [7, 11) is 0. The highest BCUT2D eigenvalue weighted by Crippen LogP contribution is 2.25. The van der Waals surface area contributed by atoms with Crippen molar-refractivity contribution in [2.45, 2.75) is 32.4 Å². The fourth-order valence-corrected chi connectivity index (χ4v) is 4.42. The number of hydrogen-bond donors (Lipinski definition) is 2. The van der Waals surface area contributed by atoms with E-state index < -0.39 is 0 Å². The monoisotopic (exact) mass is 476 g/mol. The second-order valence-corrected chi connectivity index (χ2v) is 7.95. The molecule has 0 aliphatic carbocycles. The van der Waals surface area contributed by atoms with Crippen LogP contribution < -0.4 is 11.1 Å². The lowest BCUT2D eigenvalue weighted by atomic mass is 10.1. The fourth-order valence-electron chi connectivity index (χ4n) is 2.82. The zero-order chi connectivity index (χ0) is 16.1. The molecule has 4 nitrogen and oxygen atoms in total. The first-order chi connectivity index (χ1) is 11.2. The Kier molecular flexibility index (Phi) is 7.99. The Morgan fingerprint density at radius 3 is 3.04 bits per heavy atom. The first-order valence-electron chi connectivity index (χ1n) is 8.08. The maximum Gasteiger partial charge on any atom is 0.188 e. The van der Waals surface area contributed by atoms with Gasteiger partial charge in [0.1, 0.15) is 0 Å². The smallest absolute Gasteiger partial charge is 0.188 e. The molecule has 3 rings (SSSR count). The first-order valence-corrected chi connectivity index (χ1v) is 9.84. The molecule has 0 spiro atoms. The molecule has 1 aliphatic rings. The van der Waals surface area contributed by atoms with Gasteiger partial charge in [-0.25, -0.2) is 0 Å². The number of fused-ring (bicyclic) bond motifs is 1. The zero-order valence-electron chi connectivity index (χ0n) is 13.9. The number of nitrogens with two attached hydrogens (primary N) is 1. The second kappa shape index (κ2) is 9.74. The highest BCUT2D eigenvalue weighted by molar-refractivity contribution is 14.0. The summed E-state index contributed by atoms with van der Waals surface area (Å²) in [5.41, 5.74) is 7.46. The molecule has 1 unspecified atom stereocenters. The molecule has 0 radical (unpaired) electrons. The summed E-state index contributed by atoms with van der Waals surface area (Å²) in [4.78, 5) is 9.93. The summed E-state index contributed by atoms with van der Waals surface area (Å²) < 4.78 is 0. The van der Waals surface area contributed by atoms with Crippen LogP contribution in [-0.2, 0) is 19.4 Å². The van der Waals surface area contributed by atoms with E-state index in [2.05, 4.69) is 51.1 Å². The van der Waals surface area contributed by atoms with Crippen molar-refractivity contribution in [1.82, 2.24) is 10.2 Å². The number of halogens is 1. The van der Waals surface area contributed by atoms with E-state index in [1.54, 1.807) is 16.2 Å². The predicted molar refractivity (Wildman–Crippen MR) is 116 cm³/mol. The van der Waals surface area contributed by atoms with Gasteiger partial charge in [-0.15, -0.1) is 46.7 Å². The highest BCUT2D eigenvalue weighted by atomic mass is 127. The van der Waals surface area contributed by atoms with Crippen LogP contribution in [0.15, 0.2) is 34.0 Å². The molecule has 2 aromatic heterocycles. The van der Waals surface area contributed by atoms with Crippen LogP contribution in [0.5, 0.6) is 0 Å². The Morgan fingerprint density at radius 2 is 2.25 bits per heavy atom. The molecule has 0 saturated carbocycles. The van der Waals surface area contributed by atoms with E-state index >= 15 is 0 Å². The number of nitrogens with zero attached hydrogens (tertiary/aromatic N) is 2. The molecular weight excluding hydrogens is 451 g/mol. The van der Waals surface area contributed by atoms with Gasteiger partial charge in [-0.1, -0.05) is 6.07 Å². The van der Waals surface area contributed by atoms with Crippen molar-refractivity contribution in [3.8, 4) is 0 Å². The van der Waals surface area contributed by atoms with E-state index in [1.807, 2.05) is 11.3 Å². The average molecular weight is 476 g/mol. The van der Waals surface area contributed by atoms with Gasteiger partial charge in [-0.3, -0.25) is 9.89 Å². The summed E-state index contributed by atoms with van der Waals surface area (Å²) in [6.45, 7) is 5.99. The van der Waals surface area contributed by atoms with Crippen LogP contribution in [0.3, 0.4) is 0 Å². The van der Waals surface area contributed by atoms with E-state index in [0.717, 1.165) is 39.0 Å².